The van der Waals surface area contributed by atoms with E-state index >= 15 is 0 Å². The SMILES string of the molecule is Brc1cc2c(-c3ccc4ccccc4c3)c3cc(Br)sc3c(-c3ccc4ccccc4c3)c2s1. The van der Waals surface area contributed by atoms with Crippen molar-refractivity contribution in [1.29, 1.82) is 0 Å². The Labute approximate surface area is 221 Å². The van der Waals surface area contributed by atoms with Crippen molar-refractivity contribution in [3.8, 4) is 22.3 Å². The fourth-order valence-corrected chi connectivity index (χ4v) is 8.40. The largest absolute Gasteiger partial charge is 0.127 e. The summed E-state index contributed by atoms with van der Waals surface area (Å²) >= 11 is 11.3. The van der Waals surface area contributed by atoms with Gasteiger partial charge in [-0.15, -0.1) is 22.7 Å². The molecule has 0 radical (unpaired) electrons. The molecule has 0 nitrogen and oxygen atoms in total. The fourth-order valence-electron chi connectivity index (χ4n) is 4.98. The summed E-state index contributed by atoms with van der Waals surface area (Å²) in [5.41, 5.74) is 5.16. The number of rotatable bonds is 2. The summed E-state index contributed by atoms with van der Waals surface area (Å²) in [6, 6.07) is 35.4. The molecule has 0 saturated heterocycles. The maximum absolute atomic E-state index is 3.81. The minimum Gasteiger partial charge on any atom is -0.127 e. The lowest BCUT2D eigenvalue weighted by Crippen LogP contribution is -1.86. The third-order valence-electron chi connectivity index (χ3n) is 6.47. The van der Waals surface area contributed by atoms with E-state index in [0.717, 1.165) is 7.57 Å². The highest BCUT2D eigenvalue weighted by Crippen LogP contribution is 2.51. The molecule has 0 unspecified atom stereocenters. The van der Waals surface area contributed by atoms with Crippen molar-refractivity contribution in [3.63, 3.8) is 0 Å². The van der Waals surface area contributed by atoms with Gasteiger partial charge in [0.15, 0.2) is 0 Å². The lowest BCUT2D eigenvalue weighted by atomic mass is 9.92. The molecule has 0 spiro atoms. The minimum absolute atomic E-state index is 1.16. The number of halogens is 2. The van der Waals surface area contributed by atoms with Crippen molar-refractivity contribution in [2.45, 2.75) is 0 Å². The zero-order valence-corrected chi connectivity index (χ0v) is 22.6. The second kappa shape index (κ2) is 8.03. The van der Waals surface area contributed by atoms with Crippen LogP contribution in [0.1, 0.15) is 0 Å². The standard InChI is InChI=1S/C30H16Br2S2/c31-25-15-23-27(21-11-9-17-5-1-3-7-19(17)13-21)24-16-26(32)34-30(24)28(29(23)33-25)22-12-10-18-6-2-4-8-20(18)14-22/h1-16H. The average molecular weight is 600 g/mol. The first-order valence-electron chi connectivity index (χ1n) is 11.0. The molecule has 34 heavy (non-hydrogen) atoms. The fraction of sp³-hybridized carbons (Fsp3) is 0. The molecule has 0 bridgehead atoms. The van der Waals surface area contributed by atoms with Crippen LogP contribution in [0.4, 0.5) is 0 Å². The predicted molar refractivity (Wildman–Crippen MR) is 158 cm³/mol. The molecule has 0 fully saturated rings. The Morgan fingerprint density at radius 2 is 0.882 bits per heavy atom. The summed E-state index contributed by atoms with van der Waals surface area (Å²) in [4.78, 5) is 0. The highest BCUT2D eigenvalue weighted by atomic mass is 79.9. The molecule has 162 valence electrons. The number of fused-ring (bicyclic) bond motifs is 4. The van der Waals surface area contributed by atoms with Crippen molar-refractivity contribution >= 4 is 96.3 Å². The number of benzene rings is 5. The monoisotopic (exact) mass is 598 g/mol. The Hall–Kier alpha value is -2.50. The molecular formula is C30H16Br2S2. The van der Waals surface area contributed by atoms with Gasteiger partial charge in [0.25, 0.3) is 0 Å². The van der Waals surface area contributed by atoms with Crippen molar-refractivity contribution in [1.82, 2.24) is 0 Å². The quantitative estimate of drug-likeness (QED) is 0.185. The molecule has 0 aliphatic heterocycles. The van der Waals surface area contributed by atoms with Crippen molar-refractivity contribution in [2.24, 2.45) is 0 Å². The molecule has 5 aromatic carbocycles. The van der Waals surface area contributed by atoms with Gasteiger partial charge >= 0.3 is 0 Å². The van der Waals surface area contributed by atoms with E-state index in [4.69, 9.17) is 0 Å². The minimum atomic E-state index is 1.16. The van der Waals surface area contributed by atoms with Gasteiger partial charge in [0.05, 0.1) is 7.57 Å². The maximum atomic E-state index is 3.81. The molecule has 0 N–H and O–H groups in total. The summed E-state index contributed by atoms with van der Waals surface area (Å²) in [5, 5.41) is 7.67. The second-order valence-electron chi connectivity index (χ2n) is 8.46. The maximum Gasteiger partial charge on any atom is 0.0711 e. The molecule has 0 amide bonds. The lowest BCUT2D eigenvalue weighted by Gasteiger charge is -2.13. The van der Waals surface area contributed by atoms with Gasteiger partial charge in [0.1, 0.15) is 0 Å². The summed E-state index contributed by atoms with van der Waals surface area (Å²) in [6.07, 6.45) is 0. The van der Waals surface area contributed by atoms with E-state index in [2.05, 4.69) is 129 Å². The molecule has 4 heteroatoms. The van der Waals surface area contributed by atoms with Gasteiger partial charge in [0.2, 0.25) is 0 Å². The highest BCUT2D eigenvalue weighted by Gasteiger charge is 2.21. The Morgan fingerprint density at radius 1 is 0.441 bits per heavy atom. The second-order valence-corrected chi connectivity index (χ2v) is 13.3. The molecule has 7 aromatic rings. The van der Waals surface area contributed by atoms with E-state index in [1.165, 1.54) is 64.0 Å². The molecule has 0 aliphatic carbocycles. The first-order valence-corrected chi connectivity index (χ1v) is 14.2. The average Bonchev–Trinajstić information content (AvgIpc) is 3.43. The molecule has 0 saturated carbocycles. The Balaban J connectivity index is 1.60. The van der Waals surface area contributed by atoms with Crippen molar-refractivity contribution in [3.05, 3.63) is 105 Å². The normalized spacial score (nSPS) is 11.8. The third-order valence-corrected chi connectivity index (χ3v) is 9.78. The van der Waals surface area contributed by atoms with Crippen LogP contribution in [0.15, 0.2) is 105 Å². The Kier molecular flexibility index (Phi) is 4.92. The van der Waals surface area contributed by atoms with Gasteiger partial charge in [-0.2, -0.15) is 0 Å². The topological polar surface area (TPSA) is 0 Å². The van der Waals surface area contributed by atoms with Gasteiger partial charge < -0.3 is 0 Å². The van der Waals surface area contributed by atoms with Gasteiger partial charge in [-0.05, 0) is 94.4 Å². The van der Waals surface area contributed by atoms with E-state index in [1.807, 2.05) is 22.7 Å². The van der Waals surface area contributed by atoms with E-state index in [9.17, 15) is 0 Å². The number of thiophene rings is 2. The molecule has 2 heterocycles. The van der Waals surface area contributed by atoms with Crippen LogP contribution < -0.4 is 0 Å². The van der Waals surface area contributed by atoms with Crippen LogP contribution in [0, 0.1) is 0 Å². The molecular weight excluding hydrogens is 584 g/mol. The highest BCUT2D eigenvalue weighted by molar-refractivity contribution is 9.11. The smallest absolute Gasteiger partial charge is 0.0711 e. The van der Waals surface area contributed by atoms with Gasteiger partial charge in [-0.25, -0.2) is 0 Å². The van der Waals surface area contributed by atoms with Crippen molar-refractivity contribution in [2.75, 3.05) is 0 Å². The van der Waals surface area contributed by atoms with E-state index in [0.29, 0.717) is 0 Å². The van der Waals surface area contributed by atoms with E-state index < -0.39 is 0 Å². The van der Waals surface area contributed by atoms with E-state index in [-0.39, 0.29) is 0 Å². The molecule has 0 atom stereocenters. The lowest BCUT2D eigenvalue weighted by molar-refractivity contribution is 1.72. The Bertz CT molecular complexity index is 1700. The first-order chi connectivity index (χ1) is 16.7. The van der Waals surface area contributed by atoms with Gasteiger partial charge in [0, 0.05) is 25.7 Å². The van der Waals surface area contributed by atoms with E-state index in [1.54, 1.807) is 0 Å². The van der Waals surface area contributed by atoms with Crippen molar-refractivity contribution < 1.29 is 0 Å². The molecule has 7 rings (SSSR count). The van der Waals surface area contributed by atoms with Crippen LogP contribution in [0.3, 0.4) is 0 Å². The van der Waals surface area contributed by atoms with Crippen LogP contribution in [0.5, 0.6) is 0 Å². The van der Waals surface area contributed by atoms with Crippen LogP contribution in [0.2, 0.25) is 0 Å². The molecule has 0 aliphatic rings. The van der Waals surface area contributed by atoms with Crippen LogP contribution in [-0.2, 0) is 0 Å². The number of hydrogen-bond acceptors (Lipinski definition) is 2. The first kappa shape index (κ1) is 20.8. The van der Waals surface area contributed by atoms with Crippen LogP contribution in [-0.4, -0.2) is 0 Å². The Morgan fingerprint density at radius 3 is 1.38 bits per heavy atom. The summed E-state index contributed by atoms with van der Waals surface area (Å²) < 4.78 is 4.96. The zero-order chi connectivity index (χ0) is 22.8. The molecule has 2 aromatic heterocycles. The predicted octanol–water partition coefficient (Wildman–Crippen LogP) is 11.3. The third kappa shape index (κ3) is 3.28. The summed E-state index contributed by atoms with van der Waals surface area (Å²) in [7, 11) is 0. The summed E-state index contributed by atoms with van der Waals surface area (Å²) in [6.45, 7) is 0. The number of hydrogen-bond donors (Lipinski definition) is 0. The zero-order valence-electron chi connectivity index (χ0n) is 17.8. The van der Waals surface area contributed by atoms with Crippen LogP contribution >= 0.6 is 54.5 Å². The van der Waals surface area contributed by atoms with Gasteiger partial charge in [-0.3, -0.25) is 0 Å². The summed E-state index contributed by atoms with van der Waals surface area (Å²) in [5.74, 6) is 0. The van der Waals surface area contributed by atoms with Crippen LogP contribution in [0.25, 0.3) is 64.0 Å². The van der Waals surface area contributed by atoms with Gasteiger partial charge in [-0.1, -0.05) is 72.8 Å².